The summed E-state index contributed by atoms with van der Waals surface area (Å²) in [6.45, 7) is 4.72. The van der Waals surface area contributed by atoms with Crippen LogP contribution in [0, 0.1) is 5.92 Å². The number of hydrogen-bond acceptors (Lipinski definition) is 7. The zero-order chi connectivity index (χ0) is 22.5. The summed E-state index contributed by atoms with van der Waals surface area (Å²) >= 11 is 0. The van der Waals surface area contributed by atoms with Crippen LogP contribution >= 0.6 is 0 Å². The number of ketones is 1. The van der Waals surface area contributed by atoms with Crippen molar-refractivity contribution in [1.29, 1.82) is 0 Å². The SMILES string of the molecule is CC(C)(C)OC(=O)NC(CC1CCNC1=O)C(=O)COc1ccnc(C(F)(F)F)n1. The summed E-state index contributed by atoms with van der Waals surface area (Å²) in [7, 11) is 0. The molecule has 9 nitrogen and oxygen atoms in total. The second-order valence-electron chi connectivity index (χ2n) is 7.68. The van der Waals surface area contributed by atoms with Crippen LogP contribution in [0.25, 0.3) is 0 Å². The van der Waals surface area contributed by atoms with Gasteiger partial charge in [0.25, 0.3) is 0 Å². The fourth-order valence-corrected chi connectivity index (χ4v) is 2.68. The monoisotopic (exact) mass is 432 g/mol. The van der Waals surface area contributed by atoms with Crippen LogP contribution in [0.5, 0.6) is 5.88 Å². The van der Waals surface area contributed by atoms with Gasteiger partial charge in [0.1, 0.15) is 5.60 Å². The highest BCUT2D eigenvalue weighted by Crippen LogP contribution is 2.26. The number of hydrogen-bond donors (Lipinski definition) is 2. The number of alkyl carbamates (subject to hydrolysis) is 1. The van der Waals surface area contributed by atoms with E-state index in [1.54, 1.807) is 20.8 Å². The van der Waals surface area contributed by atoms with Gasteiger partial charge in [-0.25, -0.2) is 9.78 Å². The summed E-state index contributed by atoms with van der Waals surface area (Å²) in [4.78, 5) is 42.8. The largest absolute Gasteiger partial charge is 0.469 e. The number of nitrogens with zero attached hydrogens (tertiary/aromatic N) is 2. The second kappa shape index (κ2) is 9.26. The van der Waals surface area contributed by atoms with E-state index in [-0.39, 0.29) is 12.3 Å². The van der Waals surface area contributed by atoms with Gasteiger partial charge >= 0.3 is 12.3 Å². The predicted molar refractivity (Wildman–Crippen MR) is 96.4 cm³/mol. The van der Waals surface area contributed by atoms with Gasteiger partial charge in [-0.3, -0.25) is 9.59 Å². The Morgan fingerprint density at radius 3 is 2.60 bits per heavy atom. The van der Waals surface area contributed by atoms with Gasteiger partial charge in [-0.2, -0.15) is 18.2 Å². The van der Waals surface area contributed by atoms with Gasteiger partial charge in [-0.15, -0.1) is 0 Å². The van der Waals surface area contributed by atoms with Crippen LogP contribution in [-0.2, 0) is 20.5 Å². The maximum Gasteiger partial charge on any atom is 0.451 e. The molecular weight excluding hydrogens is 409 g/mol. The van der Waals surface area contributed by atoms with Crippen molar-refractivity contribution in [2.75, 3.05) is 13.2 Å². The molecule has 2 heterocycles. The standard InChI is InChI=1S/C18H23F3N4O5/c1-17(2,3)30-16(28)24-11(8-10-4-6-22-14(10)27)12(26)9-29-13-5-7-23-15(25-13)18(19,20)21/h5,7,10-11H,4,6,8-9H2,1-3H3,(H,22,27)(H,24,28). The minimum Gasteiger partial charge on any atom is -0.469 e. The van der Waals surface area contributed by atoms with Gasteiger partial charge in [-0.1, -0.05) is 0 Å². The van der Waals surface area contributed by atoms with Crippen molar-refractivity contribution in [2.24, 2.45) is 5.92 Å². The molecule has 2 unspecified atom stereocenters. The molecule has 2 amide bonds. The molecule has 2 rings (SSSR count). The Balaban J connectivity index is 2.06. The van der Waals surface area contributed by atoms with Gasteiger partial charge in [0, 0.05) is 24.7 Å². The zero-order valence-electron chi connectivity index (χ0n) is 16.7. The highest BCUT2D eigenvalue weighted by molar-refractivity contribution is 5.89. The number of Topliss-reactive ketones (excluding diaryl/α,β-unsaturated/α-hetero) is 1. The molecule has 2 atom stereocenters. The number of rotatable bonds is 7. The number of aromatic nitrogens is 2. The van der Waals surface area contributed by atoms with Crippen LogP contribution in [0.3, 0.4) is 0 Å². The Morgan fingerprint density at radius 2 is 2.03 bits per heavy atom. The summed E-state index contributed by atoms with van der Waals surface area (Å²) in [6, 6.07) is -0.0545. The first kappa shape index (κ1) is 23.4. The minimum absolute atomic E-state index is 0.00481. The zero-order valence-corrected chi connectivity index (χ0v) is 16.7. The summed E-state index contributed by atoms with van der Waals surface area (Å²) in [6.07, 6.45) is -4.28. The van der Waals surface area contributed by atoms with Crippen molar-refractivity contribution in [3.63, 3.8) is 0 Å². The van der Waals surface area contributed by atoms with Gasteiger partial charge in [0.15, 0.2) is 12.4 Å². The highest BCUT2D eigenvalue weighted by Gasteiger charge is 2.35. The van der Waals surface area contributed by atoms with Gasteiger partial charge in [-0.05, 0) is 33.6 Å². The molecular formula is C18H23F3N4O5. The molecule has 1 saturated heterocycles. The van der Waals surface area contributed by atoms with Crippen molar-refractivity contribution in [1.82, 2.24) is 20.6 Å². The van der Waals surface area contributed by atoms with Crippen LogP contribution in [0.1, 0.15) is 39.4 Å². The number of carbonyl (C=O) groups excluding carboxylic acids is 3. The molecule has 1 aliphatic rings. The number of amides is 2. The van der Waals surface area contributed by atoms with Gasteiger partial charge in [0.05, 0.1) is 6.04 Å². The first-order valence-electron chi connectivity index (χ1n) is 9.18. The van der Waals surface area contributed by atoms with E-state index < -0.39 is 53.9 Å². The molecule has 1 fully saturated rings. The number of alkyl halides is 3. The third kappa shape index (κ3) is 7.16. The lowest BCUT2D eigenvalue weighted by Gasteiger charge is -2.24. The van der Waals surface area contributed by atoms with Crippen LogP contribution in [0.4, 0.5) is 18.0 Å². The second-order valence-corrected chi connectivity index (χ2v) is 7.68. The van der Waals surface area contributed by atoms with Crippen molar-refractivity contribution in [3.05, 3.63) is 18.1 Å². The average Bonchev–Trinajstić information content (AvgIpc) is 3.02. The molecule has 0 spiro atoms. The van der Waals surface area contributed by atoms with E-state index in [1.807, 2.05) is 0 Å². The van der Waals surface area contributed by atoms with E-state index in [0.29, 0.717) is 13.0 Å². The molecule has 30 heavy (non-hydrogen) atoms. The van der Waals surface area contributed by atoms with Crippen molar-refractivity contribution < 1.29 is 37.0 Å². The van der Waals surface area contributed by atoms with Crippen LogP contribution < -0.4 is 15.4 Å². The molecule has 0 saturated carbocycles. The molecule has 166 valence electrons. The highest BCUT2D eigenvalue weighted by atomic mass is 19.4. The molecule has 1 aromatic rings. The first-order chi connectivity index (χ1) is 13.8. The Bertz CT molecular complexity index is 795. The normalized spacial score (nSPS) is 17.8. The van der Waals surface area contributed by atoms with E-state index in [9.17, 15) is 27.6 Å². The molecule has 0 radical (unpaired) electrons. The summed E-state index contributed by atoms with van der Waals surface area (Å²) < 4.78 is 48.3. The topological polar surface area (TPSA) is 120 Å². The lowest BCUT2D eigenvalue weighted by Crippen LogP contribution is -2.46. The minimum atomic E-state index is -4.76. The number of nitrogens with one attached hydrogen (secondary N) is 2. The van der Waals surface area contributed by atoms with Gasteiger partial charge < -0.3 is 20.1 Å². The maximum atomic E-state index is 12.7. The van der Waals surface area contributed by atoms with E-state index >= 15 is 0 Å². The Kier molecular flexibility index (Phi) is 7.21. The molecule has 0 aromatic carbocycles. The van der Waals surface area contributed by atoms with Crippen LogP contribution in [0.15, 0.2) is 12.3 Å². The third-order valence-corrected chi connectivity index (χ3v) is 4.01. The number of carbonyl (C=O) groups is 3. The summed E-state index contributed by atoms with van der Waals surface area (Å²) in [5.41, 5.74) is -0.812. The van der Waals surface area contributed by atoms with Crippen molar-refractivity contribution >= 4 is 17.8 Å². The smallest absolute Gasteiger partial charge is 0.451 e. The molecule has 1 aromatic heterocycles. The van der Waals surface area contributed by atoms with Gasteiger partial charge in [0.2, 0.25) is 17.6 Å². The summed E-state index contributed by atoms with van der Waals surface area (Å²) in [5.74, 6) is -3.23. The average molecular weight is 432 g/mol. The fourth-order valence-electron chi connectivity index (χ4n) is 2.68. The van der Waals surface area contributed by atoms with Crippen LogP contribution in [-0.4, -0.2) is 52.5 Å². The van der Waals surface area contributed by atoms with Crippen LogP contribution in [0.2, 0.25) is 0 Å². The summed E-state index contributed by atoms with van der Waals surface area (Å²) in [5, 5.41) is 5.04. The lowest BCUT2D eigenvalue weighted by atomic mass is 9.96. The van der Waals surface area contributed by atoms with E-state index in [0.717, 1.165) is 12.3 Å². The molecule has 1 aliphatic heterocycles. The van der Waals surface area contributed by atoms with Crippen molar-refractivity contribution in [3.8, 4) is 5.88 Å². The predicted octanol–water partition coefficient (Wildman–Crippen LogP) is 1.86. The third-order valence-electron chi connectivity index (χ3n) is 4.01. The Labute approximate surface area is 170 Å². The van der Waals surface area contributed by atoms with Crippen molar-refractivity contribution in [2.45, 2.75) is 51.4 Å². The number of ether oxygens (including phenoxy) is 2. The molecule has 12 heteroatoms. The Hall–Kier alpha value is -2.92. The number of halogens is 3. The maximum absolute atomic E-state index is 12.7. The molecule has 2 N–H and O–H groups in total. The van der Waals surface area contributed by atoms with E-state index in [2.05, 4.69) is 20.6 Å². The first-order valence-corrected chi connectivity index (χ1v) is 9.18. The van der Waals surface area contributed by atoms with E-state index in [4.69, 9.17) is 9.47 Å². The lowest BCUT2D eigenvalue weighted by molar-refractivity contribution is -0.145. The van der Waals surface area contributed by atoms with E-state index in [1.165, 1.54) is 0 Å². The fraction of sp³-hybridized carbons (Fsp3) is 0.611. The molecule has 0 bridgehead atoms. The Morgan fingerprint density at radius 1 is 1.33 bits per heavy atom. The quantitative estimate of drug-likeness (QED) is 0.675. The molecule has 0 aliphatic carbocycles.